The summed E-state index contributed by atoms with van der Waals surface area (Å²) in [6.07, 6.45) is 0. The first-order chi connectivity index (χ1) is 6.75. The van der Waals surface area contributed by atoms with E-state index in [0.717, 1.165) is 0 Å². The maximum absolute atomic E-state index is 9.75. The number of hydrogen-bond donors (Lipinski definition) is 0. The number of hydrogen-bond acceptors (Lipinski definition) is 1. The second-order valence-corrected chi connectivity index (χ2v) is 3.37. The molecule has 82 valence electrons. The lowest BCUT2D eigenvalue weighted by Gasteiger charge is -1.94. The molecule has 15 heavy (non-hydrogen) atoms. The van der Waals surface area contributed by atoms with Gasteiger partial charge in [0.1, 0.15) is 4.47 Å². The Morgan fingerprint density at radius 3 is 2.07 bits per heavy atom. The van der Waals surface area contributed by atoms with E-state index in [1.807, 2.05) is 0 Å². The Morgan fingerprint density at radius 1 is 1.27 bits per heavy atom. The van der Waals surface area contributed by atoms with Crippen molar-refractivity contribution in [1.29, 1.82) is 5.39 Å². The van der Waals surface area contributed by atoms with Gasteiger partial charge in [0.15, 0.2) is 4.98 Å². The van der Waals surface area contributed by atoms with Crippen LogP contribution >= 0.6 is 27.5 Å². The van der Waals surface area contributed by atoms with E-state index in [-0.39, 0.29) is 0 Å². The Labute approximate surface area is 96.1 Å². The number of halogens is 6. The van der Waals surface area contributed by atoms with E-state index in [4.69, 9.17) is 17.0 Å². The molecule has 0 amide bonds. The van der Waals surface area contributed by atoms with E-state index in [9.17, 15) is 17.3 Å². The van der Waals surface area contributed by atoms with Crippen LogP contribution in [0.2, 0.25) is 5.02 Å². The molecule has 0 atom stereocenters. The van der Waals surface area contributed by atoms with E-state index >= 15 is 0 Å². The van der Waals surface area contributed by atoms with Crippen molar-refractivity contribution in [3.05, 3.63) is 32.7 Å². The molecule has 0 aliphatic rings. The summed E-state index contributed by atoms with van der Waals surface area (Å²) in [5.74, 6) is 0. The molecule has 0 fully saturated rings. The van der Waals surface area contributed by atoms with E-state index in [1.54, 1.807) is 18.2 Å². The van der Waals surface area contributed by atoms with Crippen LogP contribution in [0.3, 0.4) is 0 Å². The van der Waals surface area contributed by atoms with Crippen molar-refractivity contribution in [2.75, 3.05) is 0 Å². The van der Waals surface area contributed by atoms with Crippen LogP contribution in [0.1, 0.15) is 0 Å². The third-order valence-corrected chi connectivity index (χ3v) is 2.42. The average Bonchev–Trinajstić information content (AvgIpc) is 2.07. The van der Waals surface area contributed by atoms with E-state index in [0.29, 0.717) is 15.2 Å². The highest BCUT2D eigenvalue weighted by molar-refractivity contribution is 9.10. The number of diazo groups is 1. The molecule has 1 rings (SSSR count). The van der Waals surface area contributed by atoms with Gasteiger partial charge in [0.2, 0.25) is 5.39 Å². The molecule has 0 aliphatic carbocycles. The smallest absolute Gasteiger partial charge is 0.418 e. The van der Waals surface area contributed by atoms with Gasteiger partial charge < -0.3 is 17.3 Å². The summed E-state index contributed by atoms with van der Waals surface area (Å²) >= 11 is 8.83. The first kappa shape index (κ1) is 14.2. The van der Waals surface area contributed by atoms with E-state index in [1.165, 1.54) is 0 Å². The van der Waals surface area contributed by atoms with Crippen LogP contribution in [-0.2, 0) is 0 Å². The van der Waals surface area contributed by atoms with Gasteiger partial charge in [-0.3, -0.25) is 0 Å². The number of benzene rings is 1. The van der Waals surface area contributed by atoms with Gasteiger partial charge in [0, 0.05) is 6.07 Å². The monoisotopic (exact) mass is 304 g/mol. The molecule has 0 unspecified atom stereocenters. The molecule has 0 N–H and O–H groups in total. The minimum absolute atomic E-state index is 0.438. The molecule has 9 heteroatoms. The van der Waals surface area contributed by atoms with Gasteiger partial charge in [-0.15, -0.1) is 0 Å². The van der Waals surface area contributed by atoms with Gasteiger partial charge in [0.05, 0.1) is 5.02 Å². The third-order valence-electron chi connectivity index (χ3n) is 1.04. The van der Waals surface area contributed by atoms with Crippen LogP contribution in [0, 0.1) is 5.39 Å². The van der Waals surface area contributed by atoms with Gasteiger partial charge in [0.25, 0.3) is 0 Å². The maximum atomic E-state index is 9.75. The van der Waals surface area contributed by atoms with Crippen LogP contribution in [-0.4, -0.2) is 7.25 Å². The molecule has 0 spiro atoms. The van der Waals surface area contributed by atoms with Crippen molar-refractivity contribution in [1.82, 2.24) is 0 Å². The highest BCUT2D eigenvalue weighted by Gasteiger charge is 2.20. The van der Waals surface area contributed by atoms with Crippen molar-refractivity contribution in [2.24, 2.45) is 0 Å². The number of nitrogens with zero attached hydrogens (tertiary/aromatic N) is 2. The summed E-state index contributed by atoms with van der Waals surface area (Å²) in [6, 6.07) is 5.07. The Balaban J connectivity index is 0.000000336. The lowest BCUT2D eigenvalue weighted by Crippen LogP contribution is -2.02. The summed E-state index contributed by atoms with van der Waals surface area (Å²) in [7, 11) is -6.00. The largest absolute Gasteiger partial charge is 0.673 e. The zero-order chi connectivity index (χ0) is 12.1. The Kier molecular flexibility index (Phi) is 5.61. The molecule has 0 saturated heterocycles. The minimum atomic E-state index is -6.00. The van der Waals surface area contributed by atoms with Crippen molar-refractivity contribution in [2.45, 2.75) is 0 Å². The van der Waals surface area contributed by atoms with Crippen LogP contribution in [0.25, 0.3) is 4.98 Å². The predicted molar refractivity (Wildman–Crippen MR) is 54.1 cm³/mol. The summed E-state index contributed by atoms with van der Waals surface area (Å²) < 4.78 is 39.6. The summed E-state index contributed by atoms with van der Waals surface area (Å²) in [4.78, 5) is 3.00. The van der Waals surface area contributed by atoms with Gasteiger partial charge in [-0.2, -0.15) is 0 Å². The summed E-state index contributed by atoms with van der Waals surface area (Å²) in [5, 5.41) is 8.92. The van der Waals surface area contributed by atoms with Crippen molar-refractivity contribution < 1.29 is 17.3 Å². The Morgan fingerprint density at radius 2 is 1.73 bits per heavy atom. The minimum Gasteiger partial charge on any atom is -0.418 e. The van der Waals surface area contributed by atoms with Crippen molar-refractivity contribution in [3.8, 4) is 0 Å². The third kappa shape index (κ3) is 7.16. The number of rotatable bonds is 0. The molecule has 0 saturated carbocycles. The molecule has 0 heterocycles. The molecule has 1 aromatic carbocycles. The van der Waals surface area contributed by atoms with Crippen LogP contribution in [0.15, 0.2) is 22.7 Å². The van der Waals surface area contributed by atoms with Gasteiger partial charge in [-0.05, 0) is 22.0 Å². The zero-order valence-electron chi connectivity index (χ0n) is 6.97. The first-order valence-corrected chi connectivity index (χ1v) is 4.59. The lowest BCUT2D eigenvalue weighted by molar-refractivity contribution is 0.368. The van der Waals surface area contributed by atoms with Gasteiger partial charge in [-0.1, -0.05) is 17.7 Å². The Hall–Kier alpha value is -0.805. The molecule has 0 bridgehead atoms. The fourth-order valence-electron chi connectivity index (χ4n) is 0.570. The topological polar surface area (TPSA) is 28.1 Å². The Bertz CT molecular complexity index is 372. The van der Waals surface area contributed by atoms with E-state index < -0.39 is 7.25 Å². The molecule has 2 nitrogen and oxygen atoms in total. The second-order valence-electron chi connectivity index (χ2n) is 2.17. The summed E-state index contributed by atoms with van der Waals surface area (Å²) in [6.45, 7) is 0. The molecule has 0 aromatic heterocycles. The highest BCUT2D eigenvalue weighted by Crippen LogP contribution is 2.31. The normalized spacial score (nSPS) is 9.93. The molecular formula is C6H3BBrClF4N2. The molecule has 1 aromatic rings. The van der Waals surface area contributed by atoms with Crippen LogP contribution in [0.4, 0.5) is 23.0 Å². The van der Waals surface area contributed by atoms with Crippen LogP contribution < -0.4 is 0 Å². The summed E-state index contributed by atoms with van der Waals surface area (Å²) in [5.41, 5.74) is 0.438. The molecular weight excluding hydrogens is 302 g/mol. The first-order valence-electron chi connectivity index (χ1n) is 3.42. The maximum Gasteiger partial charge on any atom is 0.673 e. The SMILES string of the molecule is F[B-](F)(F)F.N#[N+]c1cccc(Cl)c1Br. The van der Waals surface area contributed by atoms with Crippen LogP contribution in [0.5, 0.6) is 0 Å². The average molecular weight is 305 g/mol. The molecule has 0 aliphatic heterocycles. The highest BCUT2D eigenvalue weighted by atomic mass is 79.9. The molecule has 0 radical (unpaired) electrons. The van der Waals surface area contributed by atoms with Gasteiger partial charge in [-0.25, -0.2) is 0 Å². The van der Waals surface area contributed by atoms with Crippen molar-refractivity contribution >= 4 is 40.5 Å². The predicted octanol–water partition coefficient (Wildman–Crippen LogP) is 4.89. The standard InChI is InChI=1S/C6H3BrClN2.BF4/c7-6-4(8)2-1-3-5(6)10-9;2-1(3,4)5/h1-3H;/q+1;-1. The van der Waals surface area contributed by atoms with Gasteiger partial charge >= 0.3 is 12.9 Å². The van der Waals surface area contributed by atoms with E-state index in [2.05, 4.69) is 20.9 Å². The fraction of sp³-hybridized carbons (Fsp3) is 0. The quantitative estimate of drug-likeness (QED) is 0.381. The van der Waals surface area contributed by atoms with Crippen molar-refractivity contribution in [3.63, 3.8) is 0 Å². The lowest BCUT2D eigenvalue weighted by atomic mass is 10.3. The second kappa shape index (κ2) is 5.93. The zero-order valence-corrected chi connectivity index (χ0v) is 9.31. The fourth-order valence-corrected chi connectivity index (χ4v) is 1.08.